The lowest BCUT2D eigenvalue weighted by molar-refractivity contribution is 0.615. The van der Waals surface area contributed by atoms with E-state index in [2.05, 4.69) is 4.98 Å². The first-order valence-electron chi connectivity index (χ1n) is 5.88. The van der Waals surface area contributed by atoms with Crippen LogP contribution in [0.25, 0.3) is 0 Å². The number of aryl methyl sites for hydroxylation is 2. The Balaban J connectivity index is 2.13. The molecule has 0 amide bonds. The van der Waals surface area contributed by atoms with E-state index in [4.69, 9.17) is 11.6 Å². The number of halogens is 2. The highest BCUT2D eigenvalue weighted by Crippen LogP contribution is 2.25. The van der Waals surface area contributed by atoms with Gasteiger partial charge in [-0.25, -0.2) is 4.39 Å². The maximum atomic E-state index is 13.5. The summed E-state index contributed by atoms with van der Waals surface area (Å²) in [7, 11) is 0. The standard InChI is InChI=1S/C15H15ClFN/c1-10-3-6-13(18-9-10)8-14(16)12-5-4-11(2)15(17)7-12/h3-7,9,14H,8H2,1-2H3. The molecule has 94 valence electrons. The smallest absolute Gasteiger partial charge is 0.126 e. The molecule has 0 aliphatic rings. The van der Waals surface area contributed by atoms with Gasteiger partial charge in [-0.2, -0.15) is 0 Å². The van der Waals surface area contributed by atoms with Gasteiger partial charge < -0.3 is 0 Å². The fourth-order valence-electron chi connectivity index (χ4n) is 1.72. The van der Waals surface area contributed by atoms with Crippen LogP contribution in [0.5, 0.6) is 0 Å². The summed E-state index contributed by atoms with van der Waals surface area (Å²) in [5.74, 6) is -0.213. The SMILES string of the molecule is Cc1ccc(CC(Cl)c2ccc(C)c(F)c2)nc1. The van der Waals surface area contributed by atoms with Gasteiger partial charge in [-0.1, -0.05) is 18.2 Å². The third-order valence-corrected chi connectivity index (χ3v) is 3.32. The molecule has 3 heteroatoms. The Morgan fingerprint density at radius 3 is 2.61 bits per heavy atom. The Labute approximate surface area is 112 Å². The second kappa shape index (κ2) is 5.49. The average Bonchev–Trinajstić information content (AvgIpc) is 2.35. The third-order valence-electron chi connectivity index (χ3n) is 2.92. The van der Waals surface area contributed by atoms with E-state index in [1.165, 1.54) is 6.07 Å². The van der Waals surface area contributed by atoms with Crippen molar-refractivity contribution in [2.24, 2.45) is 0 Å². The van der Waals surface area contributed by atoms with Gasteiger partial charge in [0.05, 0.1) is 5.38 Å². The molecule has 2 rings (SSSR count). The molecule has 1 aromatic heterocycles. The molecule has 0 N–H and O–H groups in total. The van der Waals surface area contributed by atoms with Gasteiger partial charge in [0.25, 0.3) is 0 Å². The number of benzene rings is 1. The summed E-state index contributed by atoms with van der Waals surface area (Å²) in [6.45, 7) is 3.73. The number of rotatable bonds is 3. The molecule has 0 saturated heterocycles. The minimum atomic E-state index is -0.254. The molecule has 2 aromatic rings. The van der Waals surface area contributed by atoms with Crippen molar-refractivity contribution in [2.75, 3.05) is 0 Å². The van der Waals surface area contributed by atoms with Crippen LogP contribution in [-0.2, 0) is 6.42 Å². The van der Waals surface area contributed by atoms with E-state index in [1.54, 1.807) is 13.0 Å². The second-order valence-electron chi connectivity index (χ2n) is 4.51. The Kier molecular flexibility index (Phi) is 3.97. The highest BCUT2D eigenvalue weighted by atomic mass is 35.5. The summed E-state index contributed by atoms with van der Waals surface area (Å²) >= 11 is 6.30. The number of hydrogen-bond acceptors (Lipinski definition) is 1. The number of hydrogen-bond donors (Lipinski definition) is 0. The van der Waals surface area contributed by atoms with E-state index in [0.717, 1.165) is 16.8 Å². The number of alkyl halides is 1. The van der Waals surface area contributed by atoms with Crippen LogP contribution in [0.1, 0.15) is 27.8 Å². The highest BCUT2D eigenvalue weighted by Gasteiger charge is 2.11. The molecule has 0 saturated carbocycles. The Bertz CT molecular complexity index is 537. The molecule has 0 aliphatic heterocycles. The van der Waals surface area contributed by atoms with Crippen molar-refractivity contribution in [3.8, 4) is 0 Å². The molecular formula is C15H15ClFN. The minimum Gasteiger partial charge on any atom is -0.261 e. The van der Waals surface area contributed by atoms with Crippen LogP contribution in [0.3, 0.4) is 0 Å². The van der Waals surface area contributed by atoms with E-state index in [9.17, 15) is 4.39 Å². The van der Waals surface area contributed by atoms with Crippen LogP contribution in [0, 0.1) is 19.7 Å². The fourth-order valence-corrected chi connectivity index (χ4v) is 2.02. The Morgan fingerprint density at radius 2 is 2.00 bits per heavy atom. The lowest BCUT2D eigenvalue weighted by Crippen LogP contribution is -1.99. The summed E-state index contributed by atoms with van der Waals surface area (Å²) in [6.07, 6.45) is 2.42. The first-order valence-corrected chi connectivity index (χ1v) is 6.31. The molecule has 1 heterocycles. The van der Waals surface area contributed by atoms with Crippen LogP contribution in [0.15, 0.2) is 36.5 Å². The predicted octanol–water partition coefficient (Wildman–Crippen LogP) is 4.36. The lowest BCUT2D eigenvalue weighted by atomic mass is 10.0. The largest absolute Gasteiger partial charge is 0.261 e. The van der Waals surface area contributed by atoms with E-state index < -0.39 is 0 Å². The molecule has 0 fully saturated rings. The number of nitrogens with zero attached hydrogens (tertiary/aromatic N) is 1. The molecule has 0 radical (unpaired) electrons. The second-order valence-corrected chi connectivity index (χ2v) is 5.03. The average molecular weight is 264 g/mol. The topological polar surface area (TPSA) is 12.9 Å². The van der Waals surface area contributed by atoms with Crippen LogP contribution < -0.4 is 0 Å². The van der Waals surface area contributed by atoms with E-state index in [0.29, 0.717) is 12.0 Å². The molecule has 18 heavy (non-hydrogen) atoms. The summed E-state index contributed by atoms with van der Waals surface area (Å²) in [6, 6.07) is 9.07. The zero-order valence-corrected chi connectivity index (χ0v) is 11.2. The van der Waals surface area contributed by atoms with E-state index in [-0.39, 0.29) is 11.2 Å². The molecule has 1 unspecified atom stereocenters. The quantitative estimate of drug-likeness (QED) is 0.750. The van der Waals surface area contributed by atoms with Crippen molar-refractivity contribution in [1.29, 1.82) is 0 Å². The molecule has 0 aliphatic carbocycles. The van der Waals surface area contributed by atoms with Crippen molar-refractivity contribution < 1.29 is 4.39 Å². The van der Waals surface area contributed by atoms with E-state index >= 15 is 0 Å². The molecule has 1 atom stereocenters. The minimum absolute atomic E-state index is 0.213. The van der Waals surface area contributed by atoms with Gasteiger partial charge in [-0.15, -0.1) is 11.6 Å². The first-order chi connectivity index (χ1) is 8.56. The van der Waals surface area contributed by atoms with Crippen molar-refractivity contribution in [3.05, 3.63) is 64.7 Å². The van der Waals surface area contributed by atoms with Crippen molar-refractivity contribution >= 4 is 11.6 Å². The molecule has 1 aromatic carbocycles. The molecule has 1 nitrogen and oxygen atoms in total. The van der Waals surface area contributed by atoms with Gasteiger partial charge in [0.15, 0.2) is 0 Å². The normalized spacial score (nSPS) is 12.4. The summed E-state index contributed by atoms with van der Waals surface area (Å²) in [4.78, 5) is 4.31. The summed E-state index contributed by atoms with van der Waals surface area (Å²) in [5.41, 5.74) is 3.46. The number of pyridine rings is 1. The van der Waals surface area contributed by atoms with Gasteiger partial charge >= 0.3 is 0 Å². The number of aromatic nitrogens is 1. The lowest BCUT2D eigenvalue weighted by Gasteiger charge is -2.10. The van der Waals surface area contributed by atoms with Crippen LogP contribution >= 0.6 is 11.6 Å². The van der Waals surface area contributed by atoms with Gasteiger partial charge in [0.2, 0.25) is 0 Å². The van der Waals surface area contributed by atoms with E-state index in [1.807, 2.05) is 31.3 Å². The van der Waals surface area contributed by atoms with Gasteiger partial charge in [-0.3, -0.25) is 4.98 Å². The highest BCUT2D eigenvalue weighted by molar-refractivity contribution is 6.20. The maximum absolute atomic E-state index is 13.5. The maximum Gasteiger partial charge on any atom is 0.126 e. The van der Waals surface area contributed by atoms with Crippen molar-refractivity contribution in [2.45, 2.75) is 25.6 Å². The van der Waals surface area contributed by atoms with Crippen molar-refractivity contribution in [1.82, 2.24) is 4.98 Å². The Hall–Kier alpha value is -1.41. The molecular weight excluding hydrogens is 249 g/mol. The molecule has 0 bridgehead atoms. The molecule has 0 spiro atoms. The fraction of sp³-hybridized carbons (Fsp3) is 0.267. The third kappa shape index (κ3) is 3.08. The zero-order valence-electron chi connectivity index (χ0n) is 10.5. The van der Waals surface area contributed by atoms with Gasteiger partial charge in [-0.05, 0) is 42.7 Å². The van der Waals surface area contributed by atoms with Gasteiger partial charge in [0, 0.05) is 18.3 Å². The first kappa shape index (κ1) is 13.0. The van der Waals surface area contributed by atoms with Crippen LogP contribution in [0.2, 0.25) is 0 Å². The van der Waals surface area contributed by atoms with Crippen molar-refractivity contribution in [3.63, 3.8) is 0 Å². The Morgan fingerprint density at radius 1 is 1.22 bits per heavy atom. The summed E-state index contributed by atoms with van der Waals surface area (Å²) in [5, 5.41) is -0.254. The van der Waals surface area contributed by atoms with Crippen LogP contribution in [-0.4, -0.2) is 4.98 Å². The predicted molar refractivity (Wildman–Crippen MR) is 72.4 cm³/mol. The summed E-state index contributed by atoms with van der Waals surface area (Å²) < 4.78 is 13.5. The zero-order chi connectivity index (χ0) is 13.1. The monoisotopic (exact) mass is 263 g/mol. The van der Waals surface area contributed by atoms with Gasteiger partial charge in [0.1, 0.15) is 5.82 Å². The van der Waals surface area contributed by atoms with Crippen LogP contribution in [0.4, 0.5) is 4.39 Å².